The fourth-order valence-corrected chi connectivity index (χ4v) is 2.03. The lowest BCUT2D eigenvalue weighted by Gasteiger charge is -2.04. The van der Waals surface area contributed by atoms with Crippen LogP contribution in [0.3, 0.4) is 0 Å². The molecule has 0 aliphatic heterocycles. The van der Waals surface area contributed by atoms with E-state index < -0.39 is 0 Å². The summed E-state index contributed by atoms with van der Waals surface area (Å²) in [7, 11) is 0. The maximum absolute atomic E-state index is 12.9. The second-order valence-electron chi connectivity index (χ2n) is 4.71. The molecule has 0 saturated heterocycles. The molecule has 3 rings (SSSR count). The van der Waals surface area contributed by atoms with Gasteiger partial charge in [0.1, 0.15) is 11.6 Å². The zero-order valence-corrected chi connectivity index (χ0v) is 11.5. The number of nitrogens with one attached hydrogen (secondary N) is 1. The first-order valence-electron chi connectivity index (χ1n) is 6.64. The largest absolute Gasteiger partial charge is 0.261 e. The number of para-hydroxylation sites is 1. The van der Waals surface area contributed by atoms with Gasteiger partial charge in [0.15, 0.2) is 0 Å². The summed E-state index contributed by atoms with van der Waals surface area (Å²) >= 11 is 0. The Hall–Kier alpha value is -2.75. The van der Waals surface area contributed by atoms with E-state index in [0.29, 0.717) is 5.82 Å². The van der Waals surface area contributed by atoms with Gasteiger partial charge in [-0.05, 0) is 42.8 Å². The van der Waals surface area contributed by atoms with Gasteiger partial charge in [-0.1, -0.05) is 30.3 Å². The minimum atomic E-state index is -0.254. The molecule has 3 aromatic rings. The molecule has 0 aliphatic carbocycles. The normalized spacial score (nSPS) is 11.6. The van der Waals surface area contributed by atoms with Gasteiger partial charge >= 0.3 is 0 Å². The Labute approximate surface area is 122 Å². The molecule has 0 aliphatic rings. The molecular formula is C17H14FN3. The number of aromatic nitrogens is 1. The van der Waals surface area contributed by atoms with E-state index in [1.807, 2.05) is 43.3 Å². The standard InChI is InChI=1S/C17H14FN3/c1-12(13-6-9-15(18)10-7-13)20-21-17-11-8-14-4-2-3-5-16(14)19-17/h2-11H,1H3,(H,19,21)/b20-12+. The van der Waals surface area contributed by atoms with Crippen LogP contribution in [0.2, 0.25) is 0 Å². The van der Waals surface area contributed by atoms with Crippen molar-refractivity contribution in [3.05, 3.63) is 72.0 Å². The minimum absolute atomic E-state index is 0.254. The van der Waals surface area contributed by atoms with Crippen LogP contribution in [0, 0.1) is 5.82 Å². The van der Waals surface area contributed by atoms with Gasteiger partial charge in [0, 0.05) is 5.39 Å². The Bertz CT molecular complexity index is 794. The molecule has 0 spiro atoms. The van der Waals surface area contributed by atoms with Gasteiger partial charge in [-0.3, -0.25) is 5.43 Å². The predicted octanol–water partition coefficient (Wildman–Crippen LogP) is 4.21. The van der Waals surface area contributed by atoms with Crippen molar-refractivity contribution in [3.8, 4) is 0 Å². The molecule has 0 unspecified atom stereocenters. The average Bonchev–Trinajstić information content (AvgIpc) is 2.53. The number of halogens is 1. The van der Waals surface area contributed by atoms with Crippen LogP contribution in [-0.4, -0.2) is 10.7 Å². The van der Waals surface area contributed by atoms with Crippen molar-refractivity contribution >= 4 is 22.4 Å². The predicted molar refractivity (Wildman–Crippen MR) is 84.0 cm³/mol. The number of hydrogen-bond acceptors (Lipinski definition) is 3. The Morgan fingerprint density at radius 1 is 1.00 bits per heavy atom. The van der Waals surface area contributed by atoms with E-state index in [1.54, 1.807) is 12.1 Å². The van der Waals surface area contributed by atoms with Crippen LogP contribution in [0.5, 0.6) is 0 Å². The van der Waals surface area contributed by atoms with Crippen LogP contribution in [0.1, 0.15) is 12.5 Å². The lowest BCUT2D eigenvalue weighted by Crippen LogP contribution is -2.00. The molecule has 0 bridgehead atoms. The first-order valence-corrected chi connectivity index (χ1v) is 6.64. The van der Waals surface area contributed by atoms with E-state index in [4.69, 9.17) is 0 Å². The van der Waals surface area contributed by atoms with Crippen molar-refractivity contribution in [1.29, 1.82) is 0 Å². The third-order valence-electron chi connectivity index (χ3n) is 3.20. The number of fused-ring (bicyclic) bond motifs is 1. The molecule has 0 radical (unpaired) electrons. The average molecular weight is 279 g/mol. The van der Waals surface area contributed by atoms with Gasteiger partial charge < -0.3 is 0 Å². The number of pyridine rings is 1. The molecule has 0 atom stereocenters. The molecule has 0 amide bonds. The lowest BCUT2D eigenvalue weighted by molar-refractivity contribution is 0.628. The minimum Gasteiger partial charge on any atom is -0.261 e. The lowest BCUT2D eigenvalue weighted by atomic mass is 10.1. The zero-order valence-electron chi connectivity index (χ0n) is 11.5. The molecule has 1 heterocycles. The van der Waals surface area contributed by atoms with E-state index in [2.05, 4.69) is 15.5 Å². The third-order valence-corrected chi connectivity index (χ3v) is 3.20. The second-order valence-corrected chi connectivity index (χ2v) is 4.71. The van der Waals surface area contributed by atoms with Gasteiger partial charge in [-0.15, -0.1) is 0 Å². The molecule has 2 aromatic carbocycles. The van der Waals surface area contributed by atoms with E-state index >= 15 is 0 Å². The monoisotopic (exact) mass is 279 g/mol. The SMILES string of the molecule is C/C(=N\Nc1ccc2ccccc2n1)c1ccc(F)cc1. The summed E-state index contributed by atoms with van der Waals surface area (Å²) in [5.74, 6) is 0.422. The fourth-order valence-electron chi connectivity index (χ4n) is 2.03. The smallest absolute Gasteiger partial charge is 0.146 e. The number of nitrogens with zero attached hydrogens (tertiary/aromatic N) is 2. The summed E-state index contributed by atoms with van der Waals surface area (Å²) in [6, 6.07) is 18.0. The zero-order chi connectivity index (χ0) is 14.7. The Morgan fingerprint density at radius 2 is 1.76 bits per heavy atom. The summed E-state index contributed by atoms with van der Waals surface area (Å²) in [5.41, 5.74) is 5.48. The van der Waals surface area contributed by atoms with Crippen molar-refractivity contribution in [1.82, 2.24) is 4.98 Å². The topological polar surface area (TPSA) is 37.3 Å². The molecule has 0 fully saturated rings. The van der Waals surface area contributed by atoms with E-state index in [-0.39, 0.29) is 5.82 Å². The van der Waals surface area contributed by atoms with Gasteiger partial charge in [0.2, 0.25) is 0 Å². The highest BCUT2D eigenvalue weighted by Crippen LogP contribution is 2.14. The number of anilines is 1. The van der Waals surface area contributed by atoms with Gasteiger partial charge in [0.25, 0.3) is 0 Å². The summed E-state index contributed by atoms with van der Waals surface area (Å²) in [5, 5.41) is 5.37. The number of benzene rings is 2. The number of hydrogen-bond donors (Lipinski definition) is 1. The maximum atomic E-state index is 12.9. The second kappa shape index (κ2) is 5.71. The van der Waals surface area contributed by atoms with Crippen LogP contribution < -0.4 is 5.43 Å². The van der Waals surface area contributed by atoms with Gasteiger partial charge in [0.05, 0.1) is 11.2 Å². The summed E-state index contributed by atoms with van der Waals surface area (Å²) < 4.78 is 12.9. The van der Waals surface area contributed by atoms with E-state index in [0.717, 1.165) is 22.2 Å². The maximum Gasteiger partial charge on any atom is 0.146 e. The van der Waals surface area contributed by atoms with Crippen LogP contribution in [0.25, 0.3) is 10.9 Å². The number of hydrazone groups is 1. The van der Waals surface area contributed by atoms with Gasteiger partial charge in [-0.2, -0.15) is 5.10 Å². The van der Waals surface area contributed by atoms with Crippen LogP contribution in [0.15, 0.2) is 65.8 Å². The quantitative estimate of drug-likeness (QED) is 0.576. The fraction of sp³-hybridized carbons (Fsp3) is 0.0588. The summed E-state index contributed by atoms with van der Waals surface area (Å²) in [6.07, 6.45) is 0. The van der Waals surface area contributed by atoms with E-state index in [1.165, 1.54) is 12.1 Å². The van der Waals surface area contributed by atoms with Crippen LogP contribution in [0.4, 0.5) is 10.2 Å². The Morgan fingerprint density at radius 3 is 2.57 bits per heavy atom. The van der Waals surface area contributed by atoms with Crippen molar-refractivity contribution in [2.24, 2.45) is 5.10 Å². The van der Waals surface area contributed by atoms with Crippen molar-refractivity contribution in [3.63, 3.8) is 0 Å². The van der Waals surface area contributed by atoms with Crippen LogP contribution in [-0.2, 0) is 0 Å². The Kier molecular flexibility index (Phi) is 3.60. The molecule has 104 valence electrons. The van der Waals surface area contributed by atoms with Crippen molar-refractivity contribution < 1.29 is 4.39 Å². The van der Waals surface area contributed by atoms with Crippen molar-refractivity contribution in [2.75, 3.05) is 5.43 Å². The Balaban J connectivity index is 1.81. The van der Waals surface area contributed by atoms with E-state index in [9.17, 15) is 4.39 Å². The molecule has 1 aromatic heterocycles. The van der Waals surface area contributed by atoms with Crippen LogP contribution >= 0.6 is 0 Å². The number of rotatable bonds is 3. The first kappa shape index (κ1) is 13.2. The first-order chi connectivity index (χ1) is 10.2. The molecule has 21 heavy (non-hydrogen) atoms. The summed E-state index contributed by atoms with van der Waals surface area (Å²) in [4.78, 5) is 4.48. The molecule has 3 nitrogen and oxygen atoms in total. The highest BCUT2D eigenvalue weighted by Gasteiger charge is 1.99. The highest BCUT2D eigenvalue weighted by atomic mass is 19.1. The molecule has 1 N–H and O–H groups in total. The molecule has 0 saturated carbocycles. The molecular weight excluding hydrogens is 265 g/mol. The molecule has 4 heteroatoms. The summed E-state index contributed by atoms with van der Waals surface area (Å²) in [6.45, 7) is 1.86. The van der Waals surface area contributed by atoms with Gasteiger partial charge in [-0.25, -0.2) is 9.37 Å². The third kappa shape index (κ3) is 3.05. The van der Waals surface area contributed by atoms with Crippen molar-refractivity contribution in [2.45, 2.75) is 6.92 Å². The highest BCUT2D eigenvalue weighted by molar-refractivity contribution is 5.99.